The van der Waals surface area contributed by atoms with Crippen molar-refractivity contribution in [1.82, 2.24) is 0 Å². The summed E-state index contributed by atoms with van der Waals surface area (Å²) in [6.45, 7) is 5.16. The maximum absolute atomic E-state index is 9.96. The maximum Gasteiger partial charge on any atom is 0.119 e. The molecular weight excluding hydrogens is 392 g/mol. The molecule has 0 aromatic heterocycles. The molecule has 0 N–H and O–H groups in total. The highest BCUT2D eigenvalue weighted by Gasteiger charge is 2.26. The first-order valence-corrected chi connectivity index (χ1v) is 12.4. The van der Waals surface area contributed by atoms with Gasteiger partial charge in [0.05, 0.1) is 17.7 Å². The summed E-state index contributed by atoms with van der Waals surface area (Å²) >= 11 is 0. The number of benzene rings is 2. The summed E-state index contributed by atoms with van der Waals surface area (Å²) < 4.78 is 5.81. The average Bonchev–Trinajstić information content (AvgIpc) is 2.85. The quantitative estimate of drug-likeness (QED) is 0.359. The molecule has 0 atom stereocenters. The van der Waals surface area contributed by atoms with E-state index < -0.39 is 0 Å². The van der Waals surface area contributed by atoms with Gasteiger partial charge in [-0.3, -0.25) is 0 Å². The molecular formula is C29H36N2O. The molecule has 2 aromatic rings. The van der Waals surface area contributed by atoms with E-state index in [0.29, 0.717) is 17.0 Å². The SMILES string of the molecule is CCCCCOc1ccc(-c2ccc([C@H]3CC[C@H](CCCC)CC3)c(C#N)c2C#N)cc1. The predicted molar refractivity (Wildman–Crippen MR) is 131 cm³/mol. The fourth-order valence-corrected chi connectivity index (χ4v) is 4.96. The molecule has 0 aliphatic heterocycles. The van der Waals surface area contributed by atoms with E-state index in [1.807, 2.05) is 30.3 Å². The summed E-state index contributed by atoms with van der Waals surface area (Å²) in [6, 6.07) is 16.7. The molecule has 168 valence electrons. The van der Waals surface area contributed by atoms with E-state index in [4.69, 9.17) is 4.74 Å². The third-order valence-electron chi connectivity index (χ3n) is 6.90. The Morgan fingerprint density at radius 2 is 1.50 bits per heavy atom. The van der Waals surface area contributed by atoms with Crippen molar-refractivity contribution in [2.45, 2.75) is 84.0 Å². The number of hydrogen-bond donors (Lipinski definition) is 0. The van der Waals surface area contributed by atoms with Gasteiger partial charge in [0.25, 0.3) is 0 Å². The van der Waals surface area contributed by atoms with Crippen LogP contribution in [-0.2, 0) is 0 Å². The van der Waals surface area contributed by atoms with Gasteiger partial charge in [0, 0.05) is 5.56 Å². The Bertz CT molecular complexity index is 941. The predicted octanol–water partition coefficient (Wildman–Crippen LogP) is 8.13. The van der Waals surface area contributed by atoms with Crippen LogP contribution < -0.4 is 4.74 Å². The molecule has 1 saturated carbocycles. The number of hydrogen-bond acceptors (Lipinski definition) is 3. The van der Waals surface area contributed by atoms with E-state index in [-0.39, 0.29) is 0 Å². The molecule has 3 rings (SSSR count). The van der Waals surface area contributed by atoms with E-state index in [1.54, 1.807) is 0 Å². The van der Waals surface area contributed by atoms with Crippen molar-refractivity contribution in [2.75, 3.05) is 6.61 Å². The zero-order valence-corrected chi connectivity index (χ0v) is 19.7. The second-order valence-corrected chi connectivity index (χ2v) is 9.12. The van der Waals surface area contributed by atoms with Crippen LogP contribution in [0.3, 0.4) is 0 Å². The van der Waals surface area contributed by atoms with Gasteiger partial charge in [-0.1, -0.05) is 70.2 Å². The van der Waals surface area contributed by atoms with Crippen LogP contribution in [0.1, 0.15) is 101 Å². The molecule has 32 heavy (non-hydrogen) atoms. The second kappa shape index (κ2) is 12.3. The van der Waals surface area contributed by atoms with Crippen molar-refractivity contribution >= 4 is 0 Å². The number of ether oxygens (including phenoxy) is 1. The highest BCUT2D eigenvalue weighted by Crippen LogP contribution is 2.41. The number of nitrogens with zero attached hydrogens (tertiary/aromatic N) is 2. The largest absolute Gasteiger partial charge is 0.494 e. The van der Waals surface area contributed by atoms with Crippen LogP contribution in [-0.4, -0.2) is 6.61 Å². The molecule has 0 radical (unpaired) electrons. The number of nitriles is 2. The normalized spacial score (nSPS) is 18.0. The average molecular weight is 429 g/mol. The molecule has 1 aliphatic rings. The highest BCUT2D eigenvalue weighted by molar-refractivity contribution is 5.75. The lowest BCUT2D eigenvalue weighted by molar-refractivity contribution is 0.304. The zero-order valence-electron chi connectivity index (χ0n) is 19.7. The number of unbranched alkanes of at least 4 members (excludes halogenated alkanes) is 3. The van der Waals surface area contributed by atoms with E-state index in [1.165, 1.54) is 44.9 Å². The minimum atomic E-state index is 0.391. The smallest absolute Gasteiger partial charge is 0.119 e. The Balaban J connectivity index is 1.77. The Kier molecular flexibility index (Phi) is 9.18. The number of rotatable bonds is 10. The lowest BCUT2D eigenvalue weighted by atomic mass is 9.75. The summed E-state index contributed by atoms with van der Waals surface area (Å²) in [7, 11) is 0. The molecule has 0 spiro atoms. The summed E-state index contributed by atoms with van der Waals surface area (Å²) in [5.41, 5.74) is 3.94. The molecule has 0 amide bonds. The van der Waals surface area contributed by atoms with E-state index in [0.717, 1.165) is 54.2 Å². The van der Waals surface area contributed by atoms with E-state index >= 15 is 0 Å². The minimum absolute atomic E-state index is 0.391. The van der Waals surface area contributed by atoms with Crippen molar-refractivity contribution < 1.29 is 4.74 Å². The Morgan fingerprint density at radius 1 is 0.812 bits per heavy atom. The minimum Gasteiger partial charge on any atom is -0.494 e. The summed E-state index contributed by atoms with van der Waals surface area (Å²) in [5, 5.41) is 19.9. The molecule has 3 nitrogen and oxygen atoms in total. The van der Waals surface area contributed by atoms with Crippen LogP contribution in [0.4, 0.5) is 0 Å². The summed E-state index contributed by atoms with van der Waals surface area (Å²) in [5.74, 6) is 2.07. The van der Waals surface area contributed by atoms with Gasteiger partial charge in [0.1, 0.15) is 17.9 Å². The molecule has 0 bridgehead atoms. The first-order chi connectivity index (χ1) is 15.7. The van der Waals surface area contributed by atoms with Gasteiger partial charge in [-0.15, -0.1) is 0 Å². The van der Waals surface area contributed by atoms with Gasteiger partial charge < -0.3 is 4.74 Å². The van der Waals surface area contributed by atoms with E-state index in [9.17, 15) is 10.5 Å². The van der Waals surface area contributed by atoms with Gasteiger partial charge >= 0.3 is 0 Å². The first-order valence-electron chi connectivity index (χ1n) is 12.4. The summed E-state index contributed by atoms with van der Waals surface area (Å²) in [4.78, 5) is 0. The van der Waals surface area contributed by atoms with Gasteiger partial charge in [-0.05, 0) is 67.2 Å². The molecule has 3 heteroatoms. The van der Waals surface area contributed by atoms with Crippen molar-refractivity contribution in [3.05, 3.63) is 53.1 Å². The van der Waals surface area contributed by atoms with Gasteiger partial charge in [0.2, 0.25) is 0 Å². The second-order valence-electron chi connectivity index (χ2n) is 9.12. The van der Waals surface area contributed by atoms with Crippen molar-refractivity contribution in [3.8, 4) is 29.0 Å². The maximum atomic E-state index is 9.96. The van der Waals surface area contributed by atoms with Gasteiger partial charge in [-0.25, -0.2) is 0 Å². The molecule has 0 heterocycles. The molecule has 2 aromatic carbocycles. The van der Waals surface area contributed by atoms with Crippen LogP contribution in [0.5, 0.6) is 5.75 Å². The van der Waals surface area contributed by atoms with Gasteiger partial charge in [0.15, 0.2) is 0 Å². The monoisotopic (exact) mass is 428 g/mol. The van der Waals surface area contributed by atoms with Crippen LogP contribution in [0.2, 0.25) is 0 Å². The summed E-state index contributed by atoms with van der Waals surface area (Å²) in [6.07, 6.45) is 12.0. The molecule has 0 unspecified atom stereocenters. The lowest BCUT2D eigenvalue weighted by Gasteiger charge is -2.29. The highest BCUT2D eigenvalue weighted by atomic mass is 16.5. The standard InChI is InChI=1S/C29H36N2O/c1-3-5-7-19-32-25-15-13-24(14-16-25)27-18-17-26(28(20-30)29(27)21-31)23-11-9-22(10-12-23)8-6-4-2/h13-18,22-23H,3-12,19H2,1-2H3/t22-,23-. The van der Waals surface area contributed by atoms with E-state index in [2.05, 4.69) is 32.1 Å². The van der Waals surface area contributed by atoms with Gasteiger partial charge in [-0.2, -0.15) is 10.5 Å². The fraction of sp³-hybridized carbons (Fsp3) is 0.517. The van der Waals surface area contributed by atoms with Crippen LogP contribution in [0, 0.1) is 28.6 Å². The van der Waals surface area contributed by atoms with Crippen LogP contribution >= 0.6 is 0 Å². The molecule has 1 fully saturated rings. The molecule has 0 saturated heterocycles. The third-order valence-corrected chi connectivity index (χ3v) is 6.90. The first kappa shape index (κ1) is 23.9. The Hall–Kier alpha value is -2.78. The van der Waals surface area contributed by atoms with Crippen LogP contribution in [0.25, 0.3) is 11.1 Å². The van der Waals surface area contributed by atoms with Crippen molar-refractivity contribution in [2.24, 2.45) is 5.92 Å². The molecule has 1 aliphatic carbocycles. The van der Waals surface area contributed by atoms with Crippen molar-refractivity contribution in [3.63, 3.8) is 0 Å². The lowest BCUT2D eigenvalue weighted by Crippen LogP contribution is -2.15. The Labute approximate surface area is 194 Å². The fourth-order valence-electron chi connectivity index (χ4n) is 4.96. The van der Waals surface area contributed by atoms with Crippen molar-refractivity contribution in [1.29, 1.82) is 10.5 Å². The zero-order chi connectivity index (χ0) is 22.8. The third kappa shape index (κ3) is 5.92. The van der Waals surface area contributed by atoms with Crippen LogP contribution in [0.15, 0.2) is 36.4 Å². The Morgan fingerprint density at radius 3 is 2.12 bits per heavy atom. The topological polar surface area (TPSA) is 56.8 Å².